The van der Waals surface area contributed by atoms with Gasteiger partial charge < -0.3 is 4.90 Å². The van der Waals surface area contributed by atoms with E-state index >= 15 is 0 Å². The Morgan fingerprint density at radius 2 is 2.17 bits per heavy atom. The molecule has 1 aromatic rings. The molecule has 0 aliphatic carbocycles. The molecule has 0 aliphatic rings. The molecule has 1 rings (SSSR count). The summed E-state index contributed by atoms with van der Waals surface area (Å²) in [5.41, 5.74) is 0. The molecule has 1 heterocycles. The maximum absolute atomic E-state index is 12.0. The summed E-state index contributed by atoms with van der Waals surface area (Å²) in [5, 5.41) is 5.28. The first-order valence-electron chi connectivity index (χ1n) is 5.47. The van der Waals surface area contributed by atoms with E-state index in [9.17, 15) is 4.79 Å². The molecule has 0 fully saturated rings. The van der Waals surface area contributed by atoms with Crippen molar-refractivity contribution >= 4 is 29.4 Å². The highest BCUT2D eigenvalue weighted by molar-refractivity contribution is 7.99. The van der Waals surface area contributed by atoms with E-state index in [4.69, 9.17) is 11.6 Å². The summed E-state index contributed by atoms with van der Waals surface area (Å²) in [6.45, 7) is 7.58. The third-order valence-corrected chi connectivity index (χ3v) is 3.34. The number of rotatable bonds is 4. The Morgan fingerprint density at radius 3 is 2.61 bits per heavy atom. The van der Waals surface area contributed by atoms with Crippen LogP contribution >= 0.6 is 23.4 Å². The molecule has 0 atom stereocenters. The second-order valence-corrected chi connectivity index (χ2v) is 5.78. The zero-order valence-corrected chi connectivity index (χ0v) is 12.5. The summed E-state index contributed by atoms with van der Waals surface area (Å²) < 4.78 is 1.31. The molecule has 100 valence electrons. The standard InChI is InChI=1S/C11H17ClN4OS/c1-7(2)9-13-10(18-6-8(3)12)16(14-9)11(17)15(4)5/h7H,3,6H2,1-2,4-5H3. The number of aromatic nitrogens is 3. The fourth-order valence-corrected chi connectivity index (χ4v) is 1.96. The number of carbonyl (C=O) groups excluding carboxylic acids is 1. The topological polar surface area (TPSA) is 51.0 Å². The highest BCUT2D eigenvalue weighted by Gasteiger charge is 2.19. The zero-order chi connectivity index (χ0) is 13.9. The van der Waals surface area contributed by atoms with Crippen LogP contribution < -0.4 is 0 Å². The van der Waals surface area contributed by atoms with Gasteiger partial charge >= 0.3 is 6.03 Å². The van der Waals surface area contributed by atoms with Crippen molar-refractivity contribution in [2.24, 2.45) is 0 Å². The molecule has 0 saturated carbocycles. The molecule has 0 radical (unpaired) electrons. The van der Waals surface area contributed by atoms with Gasteiger partial charge in [0.25, 0.3) is 0 Å². The Bertz CT molecular complexity index is 456. The smallest absolute Gasteiger partial charge is 0.329 e. The quantitative estimate of drug-likeness (QED) is 0.800. The minimum absolute atomic E-state index is 0.166. The van der Waals surface area contributed by atoms with Crippen molar-refractivity contribution in [1.82, 2.24) is 19.7 Å². The number of halogens is 1. The minimum atomic E-state index is -0.225. The van der Waals surface area contributed by atoms with Gasteiger partial charge in [0.15, 0.2) is 11.0 Å². The first-order chi connectivity index (χ1) is 8.32. The molecule has 5 nitrogen and oxygen atoms in total. The van der Waals surface area contributed by atoms with E-state index in [1.54, 1.807) is 14.1 Å². The van der Waals surface area contributed by atoms with Crippen molar-refractivity contribution in [2.45, 2.75) is 24.9 Å². The van der Waals surface area contributed by atoms with Crippen LogP contribution in [-0.4, -0.2) is 45.5 Å². The molecule has 1 amide bonds. The van der Waals surface area contributed by atoms with Crippen molar-refractivity contribution in [3.63, 3.8) is 0 Å². The highest BCUT2D eigenvalue weighted by atomic mass is 35.5. The van der Waals surface area contributed by atoms with Crippen LogP contribution in [0.3, 0.4) is 0 Å². The second kappa shape index (κ2) is 6.24. The van der Waals surface area contributed by atoms with E-state index in [1.165, 1.54) is 21.3 Å². The zero-order valence-electron chi connectivity index (χ0n) is 11.0. The molecule has 0 aromatic carbocycles. The minimum Gasteiger partial charge on any atom is -0.329 e. The van der Waals surface area contributed by atoms with Crippen LogP contribution in [0.1, 0.15) is 25.6 Å². The van der Waals surface area contributed by atoms with Gasteiger partial charge in [-0.15, -0.1) is 5.10 Å². The molecular weight excluding hydrogens is 272 g/mol. The van der Waals surface area contributed by atoms with Gasteiger partial charge in [-0.25, -0.2) is 9.78 Å². The molecule has 1 aromatic heterocycles. The summed E-state index contributed by atoms with van der Waals surface area (Å²) in [7, 11) is 3.35. The Labute approximate surface area is 116 Å². The molecule has 0 N–H and O–H groups in total. The normalized spacial score (nSPS) is 10.8. The summed E-state index contributed by atoms with van der Waals surface area (Å²) in [4.78, 5) is 17.8. The van der Waals surface area contributed by atoms with Gasteiger partial charge in [0.2, 0.25) is 0 Å². The first kappa shape index (κ1) is 15.0. The lowest BCUT2D eigenvalue weighted by molar-refractivity contribution is 0.213. The van der Waals surface area contributed by atoms with E-state index < -0.39 is 0 Å². The molecular formula is C11H17ClN4OS. The molecule has 0 spiro atoms. The Balaban J connectivity index is 3.05. The lowest BCUT2D eigenvalue weighted by atomic mass is 10.2. The van der Waals surface area contributed by atoms with Crippen LogP contribution in [0.2, 0.25) is 0 Å². The van der Waals surface area contributed by atoms with Crippen LogP contribution in [0.4, 0.5) is 4.79 Å². The van der Waals surface area contributed by atoms with Gasteiger partial charge in [0, 0.05) is 30.8 Å². The Morgan fingerprint density at radius 1 is 1.56 bits per heavy atom. The largest absolute Gasteiger partial charge is 0.346 e. The van der Waals surface area contributed by atoms with Gasteiger partial charge in [-0.2, -0.15) is 4.68 Å². The molecule has 0 unspecified atom stereocenters. The number of amides is 1. The predicted molar refractivity (Wildman–Crippen MR) is 74.3 cm³/mol. The van der Waals surface area contributed by atoms with E-state index in [2.05, 4.69) is 16.7 Å². The fraction of sp³-hybridized carbons (Fsp3) is 0.545. The first-order valence-corrected chi connectivity index (χ1v) is 6.84. The molecule has 18 heavy (non-hydrogen) atoms. The number of hydrogen-bond acceptors (Lipinski definition) is 4. The Hall–Kier alpha value is -1.01. The monoisotopic (exact) mass is 288 g/mol. The molecule has 0 saturated heterocycles. The van der Waals surface area contributed by atoms with Crippen molar-refractivity contribution in [3.8, 4) is 0 Å². The number of thioether (sulfide) groups is 1. The van der Waals surface area contributed by atoms with Crippen molar-refractivity contribution < 1.29 is 4.79 Å². The van der Waals surface area contributed by atoms with E-state index in [0.717, 1.165) is 0 Å². The second-order valence-electron chi connectivity index (χ2n) is 4.30. The lowest BCUT2D eigenvalue weighted by Gasteiger charge is -2.10. The number of carbonyl (C=O) groups is 1. The maximum Gasteiger partial charge on any atom is 0.346 e. The van der Waals surface area contributed by atoms with Gasteiger partial charge in [-0.1, -0.05) is 43.8 Å². The average molecular weight is 289 g/mol. The van der Waals surface area contributed by atoms with Crippen LogP contribution in [0.5, 0.6) is 0 Å². The van der Waals surface area contributed by atoms with Crippen molar-refractivity contribution in [3.05, 3.63) is 17.4 Å². The van der Waals surface area contributed by atoms with Gasteiger partial charge in [0.05, 0.1) is 0 Å². The van der Waals surface area contributed by atoms with Gasteiger partial charge in [0.1, 0.15) is 0 Å². The molecule has 7 heteroatoms. The van der Waals surface area contributed by atoms with Crippen LogP contribution in [0.25, 0.3) is 0 Å². The molecule has 0 bridgehead atoms. The van der Waals surface area contributed by atoms with Gasteiger partial charge in [-0.05, 0) is 0 Å². The number of hydrogen-bond donors (Lipinski definition) is 0. The molecule has 0 aliphatic heterocycles. The fourth-order valence-electron chi connectivity index (χ4n) is 1.11. The SMILES string of the molecule is C=C(Cl)CSc1nc(C(C)C)nn1C(=O)N(C)C. The van der Waals surface area contributed by atoms with Crippen LogP contribution in [0, 0.1) is 0 Å². The third kappa shape index (κ3) is 3.74. The van der Waals surface area contributed by atoms with Crippen molar-refractivity contribution in [1.29, 1.82) is 0 Å². The summed E-state index contributed by atoms with van der Waals surface area (Å²) in [5.74, 6) is 1.31. The number of nitrogens with zero attached hydrogens (tertiary/aromatic N) is 4. The summed E-state index contributed by atoms with van der Waals surface area (Å²) in [6, 6.07) is -0.225. The third-order valence-electron chi connectivity index (χ3n) is 2.03. The van der Waals surface area contributed by atoms with E-state index in [1.807, 2.05) is 13.8 Å². The Kier molecular flexibility index (Phi) is 5.22. The van der Waals surface area contributed by atoms with Crippen LogP contribution in [0.15, 0.2) is 16.8 Å². The maximum atomic E-state index is 12.0. The summed E-state index contributed by atoms with van der Waals surface area (Å²) >= 11 is 7.07. The van der Waals surface area contributed by atoms with E-state index in [0.29, 0.717) is 21.8 Å². The van der Waals surface area contributed by atoms with Crippen LogP contribution in [-0.2, 0) is 0 Å². The van der Waals surface area contributed by atoms with Crippen molar-refractivity contribution in [2.75, 3.05) is 19.8 Å². The average Bonchev–Trinajstić information content (AvgIpc) is 2.69. The highest BCUT2D eigenvalue weighted by Crippen LogP contribution is 2.22. The van der Waals surface area contributed by atoms with Gasteiger partial charge in [-0.3, -0.25) is 0 Å². The lowest BCUT2D eigenvalue weighted by Crippen LogP contribution is -2.28. The predicted octanol–water partition coefficient (Wildman–Crippen LogP) is 2.78. The summed E-state index contributed by atoms with van der Waals surface area (Å²) in [6.07, 6.45) is 0. The van der Waals surface area contributed by atoms with E-state index in [-0.39, 0.29) is 11.9 Å².